The second kappa shape index (κ2) is 8.68. The highest BCUT2D eigenvalue weighted by atomic mass is 16.3. The van der Waals surface area contributed by atoms with Crippen LogP contribution in [0.5, 0.6) is 0 Å². The summed E-state index contributed by atoms with van der Waals surface area (Å²) in [5.74, 6) is 0.279. The van der Waals surface area contributed by atoms with Crippen LogP contribution in [-0.2, 0) is 4.79 Å². The molecule has 1 amide bonds. The zero-order valence-electron chi connectivity index (χ0n) is 9.83. The van der Waals surface area contributed by atoms with E-state index < -0.39 is 0 Å². The average molecular weight is 216 g/mol. The normalized spacial score (nSPS) is 14.7. The highest BCUT2D eigenvalue weighted by Gasteiger charge is 2.13. The molecule has 0 fully saturated rings. The number of amides is 1. The lowest BCUT2D eigenvalue weighted by atomic mass is 10.0. The van der Waals surface area contributed by atoms with Crippen LogP contribution in [0.3, 0.4) is 0 Å². The van der Waals surface area contributed by atoms with Gasteiger partial charge in [0.2, 0.25) is 5.91 Å². The van der Waals surface area contributed by atoms with Crippen molar-refractivity contribution in [3.63, 3.8) is 0 Å². The van der Waals surface area contributed by atoms with Gasteiger partial charge >= 0.3 is 0 Å². The minimum Gasteiger partial charge on any atom is -0.396 e. The summed E-state index contributed by atoms with van der Waals surface area (Å²) in [7, 11) is 0. The number of carbonyl (C=O) groups excluding carboxylic acids is 1. The van der Waals surface area contributed by atoms with E-state index in [9.17, 15) is 4.79 Å². The lowest BCUT2D eigenvalue weighted by Gasteiger charge is -2.16. The number of hydrogen-bond acceptors (Lipinski definition) is 3. The second-order valence-electron chi connectivity index (χ2n) is 3.93. The Morgan fingerprint density at radius 2 is 2.07 bits per heavy atom. The van der Waals surface area contributed by atoms with E-state index in [-0.39, 0.29) is 18.6 Å². The number of carbonyl (C=O) groups is 1. The van der Waals surface area contributed by atoms with E-state index in [4.69, 9.17) is 10.8 Å². The molecule has 4 nitrogen and oxygen atoms in total. The van der Waals surface area contributed by atoms with Crippen molar-refractivity contribution in [2.75, 3.05) is 13.2 Å². The molecule has 0 aliphatic heterocycles. The summed E-state index contributed by atoms with van der Waals surface area (Å²) in [6.07, 6.45) is 3.34. The van der Waals surface area contributed by atoms with Crippen LogP contribution in [0.25, 0.3) is 0 Å². The van der Waals surface area contributed by atoms with Crippen molar-refractivity contribution in [2.45, 2.75) is 45.6 Å². The van der Waals surface area contributed by atoms with Gasteiger partial charge in [-0.3, -0.25) is 4.79 Å². The van der Waals surface area contributed by atoms with Gasteiger partial charge in [0.05, 0.1) is 6.04 Å². The molecule has 90 valence electrons. The van der Waals surface area contributed by atoms with E-state index in [0.717, 1.165) is 25.7 Å². The fourth-order valence-electron chi connectivity index (χ4n) is 1.45. The first-order valence-corrected chi connectivity index (χ1v) is 5.79. The molecule has 0 saturated carbocycles. The lowest BCUT2D eigenvalue weighted by Crippen LogP contribution is -2.42. The number of aliphatic hydroxyl groups is 1. The summed E-state index contributed by atoms with van der Waals surface area (Å²) < 4.78 is 0. The number of hydrogen-bond donors (Lipinski definition) is 3. The van der Waals surface area contributed by atoms with Crippen molar-refractivity contribution in [2.24, 2.45) is 11.7 Å². The fraction of sp³-hybridized carbons (Fsp3) is 0.909. The molecule has 0 rings (SSSR count). The Hall–Kier alpha value is -0.610. The summed E-state index contributed by atoms with van der Waals surface area (Å²) in [6.45, 7) is 4.86. The van der Waals surface area contributed by atoms with Crippen LogP contribution in [-0.4, -0.2) is 30.2 Å². The maximum atomic E-state index is 11.5. The van der Waals surface area contributed by atoms with Crippen LogP contribution in [0.1, 0.15) is 39.5 Å². The maximum absolute atomic E-state index is 11.5. The van der Waals surface area contributed by atoms with Crippen molar-refractivity contribution in [1.29, 1.82) is 0 Å². The van der Waals surface area contributed by atoms with E-state index in [2.05, 4.69) is 12.2 Å². The molecule has 2 atom stereocenters. The third kappa shape index (κ3) is 6.47. The molecule has 0 aromatic heterocycles. The number of nitrogens with two attached hydrogens (primary N) is 1. The largest absolute Gasteiger partial charge is 0.396 e. The summed E-state index contributed by atoms with van der Waals surface area (Å²) in [5, 5.41) is 11.6. The predicted octanol–water partition coefficient (Wildman–Crippen LogP) is 0.639. The SMILES string of the molecule is CCC[C@@H](N)C(=O)NCC(CC)CCO. The summed E-state index contributed by atoms with van der Waals surface area (Å²) in [5.41, 5.74) is 5.67. The fourth-order valence-corrected chi connectivity index (χ4v) is 1.45. The van der Waals surface area contributed by atoms with Crippen LogP contribution in [0.2, 0.25) is 0 Å². The van der Waals surface area contributed by atoms with E-state index in [0.29, 0.717) is 12.5 Å². The van der Waals surface area contributed by atoms with E-state index >= 15 is 0 Å². The number of rotatable bonds is 8. The number of aliphatic hydroxyl groups excluding tert-OH is 1. The zero-order chi connectivity index (χ0) is 11.7. The molecule has 0 radical (unpaired) electrons. The molecule has 1 unspecified atom stereocenters. The van der Waals surface area contributed by atoms with Gasteiger partial charge in [0.15, 0.2) is 0 Å². The lowest BCUT2D eigenvalue weighted by molar-refractivity contribution is -0.122. The van der Waals surface area contributed by atoms with E-state index in [1.807, 2.05) is 6.92 Å². The van der Waals surface area contributed by atoms with Crippen molar-refractivity contribution in [1.82, 2.24) is 5.32 Å². The third-order valence-corrected chi connectivity index (χ3v) is 2.62. The van der Waals surface area contributed by atoms with Gasteiger partial charge in [0, 0.05) is 13.2 Å². The van der Waals surface area contributed by atoms with Gasteiger partial charge < -0.3 is 16.2 Å². The van der Waals surface area contributed by atoms with Crippen LogP contribution in [0, 0.1) is 5.92 Å². The molecule has 0 aliphatic carbocycles. The Labute approximate surface area is 92.2 Å². The highest BCUT2D eigenvalue weighted by Crippen LogP contribution is 2.05. The Bertz CT molecular complexity index is 174. The monoisotopic (exact) mass is 216 g/mol. The Kier molecular flexibility index (Phi) is 8.33. The summed E-state index contributed by atoms with van der Waals surface area (Å²) in [4.78, 5) is 11.5. The standard InChI is InChI=1S/C11H24N2O2/c1-3-5-10(12)11(15)13-8-9(4-2)6-7-14/h9-10,14H,3-8,12H2,1-2H3,(H,13,15)/t9?,10-/m1/s1. The average Bonchev–Trinajstić information content (AvgIpc) is 2.24. The highest BCUT2D eigenvalue weighted by molar-refractivity contribution is 5.81. The molecule has 4 N–H and O–H groups in total. The predicted molar refractivity (Wildman–Crippen MR) is 61.4 cm³/mol. The van der Waals surface area contributed by atoms with E-state index in [1.165, 1.54) is 0 Å². The van der Waals surface area contributed by atoms with Gasteiger partial charge in [-0.2, -0.15) is 0 Å². The second-order valence-corrected chi connectivity index (χ2v) is 3.93. The van der Waals surface area contributed by atoms with Crippen LogP contribution in [0.15, 0.2) is 0 Å². The molecule has 0 saturated heterocycles. The first-order chi connectivity index (χ1) is 7.15. The molecular weight excluding hydrogens is 192 g/mol. The third-order valence-electron chi connectivity index (χ3n) is 2.62. The molecule has 0 aromatic rings. The molecule has 4 heteroatoms. The van der Waals surface area contributed by atoms with E-state index in [1.54, 1.807) is 0 Å². The van der Waals surface area contributed by atoms with Crippen LogP contribution >= 0.6 is 0 Å². The van der Waals surface area contributed by atoms with Gasteiger partial charge in [-0.05, 0) is 18.8 Å². The van der Waals surface area contributed by atoms with Gasteiger partial charge in [0.25, 0.3) is 0 Å². The molecule has 0 bridgehead atoms. The molecule has 0 aliphatic rings. The van der Waals surface area contributed by atoms with Crippen molar-refractivity contribution >= 4 is 5.91 Å². The molecule has 0 aromatic carbocycles. The van der Waals surface area contributed by atoms with Crippen LogP contribution in [0.4, 0.5) is 0 Å². The minimum atomic E-state index is -0.387. The Morgan fingerprint density at radius 1 is 1.40 bits per heavy atom. The first kappa shape index (κ1) is 14.4. The quantitative estimate of drug-likeness (QED) is 0.557. The zero-order valence-corrected chi connectivity index (χ0v) is 9.83. The molecule has 0 heterocycles. The molecular formula is C11H24N2O2. The maximum Gasteiger partial charge on any atom is 0.236 e. The molecule has 15 heavy (non-hydrogen) atoms. The minimum absolute atomic E-state index is 0.0757. The summed E-state index contributed by atoms with van der Waals surface area (Å²) >= 11 is 0. The van der Waals surface area contributed by atoms with Gasteiger partial charge in [0.1, 0.15) is 0 Å². The van der Waals surface area contributed by atoms with Gasteiger partial charge in [-0.1, -0.05) is 26.7 Å². The van der Waals surface area contributed by atoms with Gasteiger partial charge in [-0.25, -0.2) is 0 Å². The smallest absolute Gasteiger partial charge is 0.236 e. The Balaban J connectivity index is 3.76. The summed E-state index contributed by atoms with van der Waals surface area (Å²) in [6, 6.07) is -0.387. The van der Waals surface area contributed by atoms with Crippen molar-refractivity contribution in [3.05, 3.63) is 0 Å². The first-order valence-electron chi connectivity index (χ1n) is 5.79. The topological polar surface area (TPSA) is 75.4 Å². The Morgan fingerprint density at radius 3 is 2.53 bits per heavy atom. The van der Waals surface area contributed by atoms with Crippen molar-refractivity contribution < 1.29 is 9.90 Å². The van der Waals surface area contributed by atoms with Crippen molar-refractivity contribution in [3.8, 4) is 0 Å². The number of nitrogens with one attached hydrogen (secondary N) is 1. The van der Waals surface area contributed by atoms with Crippen LogP contribution < -0.4 is 11.1 Å². The van der Waals surface area contributed by atoms with Gasteiger partial charge in [-0.15, -0.1) is 0 Å². The molecule has 0 spiro atoms.